The Balaban J connectivity index is 1.14. The smallest absolute Gasteiger partial charge is 0.394 e. The van der Waals surface area contributed by atoms with Crippen molar-refractivity contribution in [3.8, 4) is 0 Å². The third-order valence-corrected chi connectivity index (χ3v) is 7.85. The Hall–Kier alpha value is -3.63. The molecule has 0 radical (unpaired) electrons. The Morgan fingerprint density at radius 3 is 2.36 bits per heavy atom. The maximum absolute atomic E-state index is 12.9. The van der Waals surface area contributed by atoms with E-state index < -0.39 is 75.7 Å². The van der Waals surface area contributed by atoms with Gasteiger partial charge in [-0.1, -0.05) is 0 Å². The van der Waals surface area contributed by atoms with E-state index in [1.54, 1.807) is 0 Å². The minimum absolute atomic E-state index is 0.0372. The number of aliphatic hydroxyl groups excluding tert-OH is 4. The summed E-state index contributed by atoms with van der Waals surface area (Å²) in [5, 5.41) is 41.8. The second kappa shape index (κ2) is 10.6. The quantitative estimate of drug-likeness (QED) is 0.0894. The van der Waals surface area contributed by atoms with E-state index in [9.17, 15) is 34.7 Å². The van der Waals surface area contributed by atoms with Crippen molar-refractivity contribution in [1.29, 1.82) is 0 Å². The van der Waals surface area contributed by atoms with Crippen LogP contribution in [0.5, 0.6) is 0 Å². The number of H-pyrrole nitrogens is 1. The number of ether oxygens (including phenoxy) is 2. The first-order valence-electron chi connectivity index (χ1n) is 12.3. The monoisotopic (exact) mass is 612 g/mol. The van der Waals surface area contributed by atoms with Crippen molar-refractivity contribution in [2.75, 3.05) is 24.7 Å². The van der Waals surface area contributed by atoms with Crippen LogP contribution in [0.25, 0.3) is 22.3 Å². The lowest BCUT2D eigenvalue weighted by Crippen LogP contribution is -2.36. The van der Waals surface area contributed by atoms with Crippen molar-refractivity contribution >= 4 is 41.9 Å². The molecule has 2 aliphatic rings. The third kappa shape index (κ3) is 4.80. The molecule has 42 heavy (non-hydrogen) atoms. The molecule has 5 unspecified atom stereocenters. The number of aromatic amines is 1. The largest absolute Gasteiger partial charge is 0.472 e. The highest BCUT2D eigenvalue weighted by Gasteiger charge is 2.50. The summed E-state index contributed by atoms with van der Waals surface area (Å²) in [5.41, 5.74) is 11.0. The Morgan fingerprint density at radius 2 is 1.62 bits per heavy atom. The summed E-state index contributed by atoms with van der Waals surface area (Å²) >= 11 is 0. The molecular formula is C20H25N10O11P. The number of nitrogens with two attached hydrogens (primary N) is 2. The number of hydrogen-bond donors (Lipinski definition) is 8. The molecule has 0 bridgehead atoms. The van der Waals surface area contributed by atoms with Crippen LogP contribution in [-0.4, -0.2) is 114 Å². The number of hydrogen-bond acceptors (Lipinski definition) is 17. The van der Waals surface area contributed by atoms with Gasteiger partial charge in [0.05, 0.1) is 25.9 Å². The lowest BCUT2D eigenvalue weighted by Gasteiger charge is -2.23. The molecule has 2 saturated heterocycles. The molecule has 6 rings (SSSR count). The number of nitrogens with zero attached hydrogens (tertiary/aromatic N) is 7. The van der Waals surface area contributed by atoms with Gasteiger partial charge in [0.25, 0.3) is 5.56 Å². The summed E-state index contributed by atoms with van der Waals surface area (Å²) < 4.78 is 36.8. The van der Waals surface area contributed by atoms with Crippen LogP contribution < -0.4 is 17.0 Å². The lowest BCUT2D eigenvalue weighted by atomic mass is 10.1. The molecule has 0 amide bonds. The molecule has 2 fully saturated rings. The van der Waals surface area contributed by atoms with E-state index in [0.717, 1.165) is 6.33 Å². The zero-order valence-corrected chi connectivity index (χ0v) is 22.1. The molecule has 226 valence electrons. The van der Waals surface area contributed by atoms with Crippen molar-refractivity contribution in [3.63, 3.8) is 0 Å². The third-order valence-electron chi connectivity index (χ3n) is 6.87. The van der Waals surface area contributed by atoms with E-state index in [1.165, 1.54) is 21.8 Å². The SMILES string of the molecule is Nc1nc2c(ncn2[C@@H]2O[C@H](COP(=O)(O)OC3C(O)[C@H](n4cnc5c(N)ncnc54)O[C@@H]3CO)C(O)C2O)c(=O)[nH]1. The van der Waals surface area contributed by atoms with Crippen LogP contribution in [0.3, 0.4) is 0 Å². The van der Waals surface area contributed by atoms with Crippen LogP contribution >= 0.6 is 7.82 Å². The summed E-state index contributed by atoms with van der Waals surface area (Å²) in [6.45, 7) is -1.47. The molecule has 0 saturated carbocycles. The predicted molar refractivity (Wildman–Crippen MR) is 136 cm³/mol. The molecular weight excluding hydrogens is 587 g/mol. The number of nitrogens with one attached hydrogen (secondary N) is 1. The molecule has 9 atom stereocenters. The fourth-order valence-electron chi connectivity index (χ4n) is 4.86. The van der Waals surface area contributed by atoms with Crippen LogP contribution in [0, 0.1) is 0 Å². The molecule has 6 heterocycles. The van der Waals surface area contributed by atoms with Crippen molar-refractivity contribution in [1.82, 2.24) is 39.0 Å². The Bertz CT molecular complexity index is 1730. The first-order chi connectivity index (χ1) is 20.0. The molecule has 0 aromatic carbocycles. The van der Waals surface area contributed by atoms with E-state index in [-0.39, 0.29) is 34.1 Å². The number of imidazole rings is 2. The van der Waals surface area contributed by atoms with Crippen molar-refractivity contribution < 1.29 is 48.4 Å². The van der Waals surface area contributed by atoms with Crippen LogP contribution in [0.1, 0.15) is 12.5 Å². The standard InChI is InChI=1S/C20H25N10O11P/c21-14-8-15(24-3-23-14)29(4-25-8)19-12(34)13(6(1-31)39-19)41-42(36,37)38-2-7-10(32)11(33)18(40-7)30-5-26-9-16(30)27-20(22)28-17(9)35/h3-7,10-13,18-19,31-34H,1-2H2,(H,36,37)(H2,21,23,24)(H3,22,27,28,35)/t6-,7-,10?,11?,12?,13?,18-,19-/m1/s1. The van der Waals surface area contributed by atoms with Crippen LogP contribution in [0.15, 0.2) is 23.8 Å². The van der Waals surface area contributed by atoms with E-state index in [0.29, 0.717) is 0 Å². The molecule has 21 nitrogen and oxygen atoms in total. The summed E-state index contributed by atoms with van der Waals surface area (Å²) in [4.78, 5) is 44.6. The van der Waals surface area contributed by atoms with E-state index >= 15 is 0 Å². The summed E-state index contributed by atoms with van der Waals surface area (Å²) in [6, 6.07) is 0. The maximum Gasteiger partial charge on any atom is 0.472 e. The average molecular weight is 612 g/mol. The van der Waals surface area contributed by atoms with Gasteiger partial charge in [-0.25, -0.2) is 24.5 Å². The van der Waals surface area contributed by atoms with Crippen molar-refractivity contribution in [2.24, 2.45) is 0 Å². The molecule has 22 heteroatoms. The summed E-state index contributed by atoms with van der Waals surface area (Å²) in [6.07, 6.45) is -8.01. The highest BCUT2D eigenvalue weighted by atomic mass is 31.2. The number of aromatic nitrogens is 8. The van der Waals surface area contributed by atoms with Gasteiger partial charge in [0, 0.05) is 0 Å². The number of rotatable bonds is 8. The van der Waals surface area contributed by atoms with Gasteiger partial charge in [-0.2, -0.15) is 4.98 Å². The fraction of sp³-hybridized carbons (Fsp3) is 0.500. The molecule has 10 N–H and O–H groups in total. The van der Waals surface area contributed by atoms with Gasteiger partial charge in [0.15, 0.2) is 35.1 Å². The second-order valence-electron chi connectivity index (χ2n) is 9.48. The van der Waals surface area contributed by atoms with Crippen molar-refractivity contribution in [2.45, 2.75) is 49.1 Å². The number of phosphoric acid groups is 1. The highest BCUT2D eigenvalue weighted by Crippen LogP contribution is 2.49. The van der Waals surface area contributed by atoms with Gasteiger partial charge in [-0.15, -0.1) is 0 Å². The maximum atomic E-state index is 12.9. The Morgan fingerprint density at radius 1 is 0.952 bits per heavy atom. The topological polar surface area (TPSA) is 314 Å². The zero-order chi connectivity index (χ0) is 29.9. The van der Waals surface area contributed by atoms with Gasteiger partial charge in [-0.05, 0) is 0 Å². The molecule has 4 aromatic rings. The molecule has 4 aromatic heterocycles. The molecule has 0 aliphatic carbocycles. The normalized spacial score (nSPS) is 31.3. The number of phosphoric ester groups is 1. The predicted octanol–water partition coefficient (Wildman–Crippen LogP) is -3.50. The van der Waals surface area contributed by atoms with Gasteiger partial charge in [0.1, 0.15) is 48.5 Å². The van der Waals surface area contributed by atoms with Gasteiger partial charge < -0.3 is 46.3 Å². The number of fused-ring (bicyclic) bond motifs is 2. The Labute approximate surface area is 232 Å². The first kappa shape index (κ1) is 28.5. The Kier molecular flexibility index (Phi) is 7.17. The number of aliphatic hydroxyl groups is 4. The van der Waals surface area contributed by atoms with E-state index in [4.69, 9.17) is 30.0 Å². The van der Waals surface area contributed by atoms with Crippen molar-refractivity contribution in [3.05, 3.63) is 29.3 Å². The van der Waals surface area contributed by atoms with E-state index in [2.05, 4.69) is 29.9 Å². The summed E-state index contributed by atoms with van der Waals surface area (Å²) in [5.74, 6) is -0.148. The average Bonchev–Trinajstić information content (AvgIpc) is 3.69. The number of anilines is 2. The molecule has 0 spiro atoms. The minimum Gasteiger partial charge on any atom is -0.394 e. The first-order valence-corrected chi connectivity index (χ1v) is 13.8. The van der Waals surface area contributed by atoms with Crippen LogP contribution in [0.2, 0.25) is 0 Å². The second-order valence-corrected chi connectivity index (χ2v) is 10.9. The van der Waals surface area contributed by atoms with E-state index in [1.807, 2.05) is 0 Å². The highest BCUT2D eigenvalue weighted by molar-refractivity contribution is 7.47. The molecule has 2 aliphatic heterocycles. The van der Waals surface area contributed by atoms with Crippen LogP contribution in [-0.2, 0) is 23.1 Å². The fourth-order valence-corrected chi connectivity index (χ4v) is 5.82. The van der Waals surface area contributed by atoms with Gasteiger partial charge >= 0.3 is 7.82 Å². The number of nitrogen functional groups attached to an aromatic ring is 2. The van der Waals surface area contributed by atoms with Crippen LogP contribution in [0.4, 0.5) is 11.8 Å². The minimum atomic E-state index is -5.01. The van der Waals surface area contributed by atoms with Gasteiger partial charge in [0.2, 0.25) is 5.95 Å². The zero-order valence-electron chi connectivity index (χ0n) is 21.2. The van der Waals surface area contributed by atoms with Gasteiger partial charge in [-0.3, -0.25) is 28.0 Å². The summed E-state index contributed by atoms with van der Waals surface area (Å²) in [7, 11) is -5.01. The lowest BCUT2D eigenvalue weighted by molar-refractivity contribution is -0.0585.